The zero-order chi connectivity index (χ0) is 22.6. The van der Waals surface area contributed by atoms with Gasteiger partial charge in [0.15, 0.2) is 0 Å². The normalized spacial score (nSPS) is 20.0. The minimum absolute atomic E-state index is 0.117. The van der Waals surface area contributed by atoms with Crippen LogP contribution in [0.4, 0.5) is 0 Å². The smallest absolute Gasteiger partial charge is 0.268 e. The number of hydrogen-bond acceptors (Lipinski definition) is 3. The van der Waals surface area contributed by atoms with Crippen molar-refractivity contribution in [1.82, 2.24) is 3.96 Å². The van der Waals surface area contributed by atoms with Crippen molar-refractivity contribution in [1.29, 1.82) is 0 Å². The molecule has 0 amide bonds. The predicted molar refractivity (Wildman–Crippen MR) is 132 cm³/mol. The maximum atomic E-state index is 12.6. The number of rotatable bonds is 5. The van der Waals surface area contributed by atoms with Gasteiger partial charge in [-0.15, -0.1) is 0 Å². The first-order valence-electron chi connectivity index (χ1n) is 11.4. The van der Waals surface area contributed by atoms with Crippen LogP contribution in [-0.2, 0) is 12.8 Å². The van der Waals surface area contributed by atoms with E-state index in [0.29, 0.717) is 0 Å². The van der Waals surface area contributed by atoms with Crippen LogP contribution in [0.1, 0.15) is 82.0 Å². The van der Waals surface area contributed by atoms with Gasteiger partial charge in [0.25, 0.3) is 11.5 Å². The van der Waals surface area contributed by atoms with E-state index >= 15 is 0 Å². The molecule has 1 aromatic heterocycles. The van der Waals surface area contributed by atoms with Crippen molar-refractivity contribution in [3.8, 4) is 0 Å². The highest BCUT2D eigenvalue weighted by Gasteiger charge is 2.26. The number of carbonyl (C=O) groups is 1. The quantitative estimate of drug-likeness (QED) is 0.369. The summed E-state index contributed by atoms with van der Waals surface area (Å²) >= 11 is 1.32. The first kappa shape index (κ1) is 23.5. The van der Waals surface area contributed by atoms with Crippen LogP contribution in [0.3, 0.4) is 0 Å². The molecule has 166 valence electrons. The van der Waals surface area contributed by atoms with E-state index in [2.05, 4.69) is 45.9 Å². The van der Waals surface area contributed by atoms with Crippen LogP contribution in [0, 0.1) is 5.41 Å². The number of allylic oxidation sites excluding steroid dienone is 10. The SMILES string of the molecule is CC(C=CC1=C(C)CCCC1(C)C)=CC=CC(C)=CC(=O)n1sc2c(c1=O)CCCC2. The maximum Gasteiger partial charge on any atom is 0.271 e. The average Bonchev–Trinajstić information content (AvgIpc) is 3.04. The molecule has 3 rings (SSSR count). The first-order chi connectivity index (χ1) is 14.7. The molecule has 0 aliphatic heterocycles. The number of aryl methyl sites for hydroxylation is 1. The molecule has 0 saturated heterocycles. The van der Waals surface area contributed by atoms with E-state index in [1.807, 2.05) is 19.1 Å². The van der Waals surface area contributed by atoms with Crippen molar-refractivity contribution in [2.24, 2.45) is 5.41 Å². The molecule has 0 fully saturated rings. The molecule has 31 heavy (non-hydrogen) atoms. The molecule has 0 unspecified atom stereocenters. The number of nitrogens with zero attached hydrogens (tertiary/aromatic N) is 1. The van der Waals surface area contributed by atoms with Gasteiger partial charge in [-0.05, 0) is 82.3 Å². The Morgan fingerprint density at radius 3 is 2.48 bits per heavy atom. The van der Waals surface area contributed by atoms with Crippen LogP contribution < -0.4 is 5.56 Å². The highest BCUT2D eigenvalue weighted by atomic mass is 32.1. The summed E-state index contributed by atoms with van der Waals surface area (Å²) in [4.78, 5) is 26.2. The zero-order valence-electron chi connectivity index (χ0n) is 19.6. The lowest BCUT2D eigenvalue weighted by atomic mass is 9.72. The lowest BCUT2D eigenvalue weighted by Crippen LogP contribution is -2.22. The lowest BCUT2D eigenvalue weighted by molar-refractivity contribution is 0.0976. The maximum absolute atomic E-state index is 12.6. The number of hydrogen-bond donors (Lipinski definition) is 0. The van der Waals surface area contributed by atoms with Gasteiger partial charge >= 0.3 is 0 Å². The van der Waals surface area contributed by atoms with Gasteiger partial charge in [-0.2, -0.15) is 3.96 Å². The van der Waals surface area contributed by atoms with Gasteiger partial charge in [-0.25, -0.2) is 0 Å². The summed E-state index contributed by atoms with van der Waals surface area (Å²) in [6.45, 7) is 10.9. The molecule has 2 aliphatic carbocycles. The molecule has 1 heterocycles. The van der Waals surface area contributed by atoms with E-state index in [4.69, 9.17) is 0 Å². The Labute approximate surface area is 190 Å². The van der Waals surface area contributed by atoms with E-state index in [0.717, 1.165) is 41.7 Å². The average molecular weight is 438 g/mol. The fourth-order valence-electron chi connectivity index (χ4n) is 4.56. The van der Waals surface area contributed by atoms with Gasteiger partial charge in [-0.3, -0.25) is 9.59 Å². The fourth-order valence-corrected chi connectivity index (χ4v) is 5.65. The highest BCUT2D eigenvalue weighted by Crippen LogP contribution is 2.40. The van der Waals surface area contributed by atoms with E-state index in [1.165, 1.54) is 51.5 Å². The number of fused-ring (bicyclic) bond motifs is 1. The Kier molecular flexibility index (Phi) is 7.53. The molecule has 4 heteroatoms. The van der Waals surface area contributed by atoms with Crippen LogP contribution in [0.15, 0.2) is 63.5 Å². The second kappa shape index (κ2) is 9.95. The zero-order valence-corrected chi connectivity index (χ0v) is 20.4. The summed E-state index contributed by atoms with van der Waals surface area (Å²) in [7, 11) is 0. The number of carbonyl (C=O) groups excluding carboxylic acids is 1. The van der Waals surface area contributed by atoms with Crippen molar-refractivity contribution in [3.05, 3.63) is 79.5 Å². The molecule has 0 saturated carbocycles. The van der Waals surface area contributed by atoms with Gasteiger partial charge < -0.3 is 0 Å². The topological polar surface area (TPSA) is 39.1 Å². The van der Waals surface area contributed by atoms with E-state index in [9.17, 15) is 9.59 Å². The van der Waals surface area contributed by atoms with Crippen molar-refractivity contribution in [2.45, 2.75) is 79.6 Å². The van der Waals surface area contributed by atoms with Crippen molar-refractivity contribution >= 4 is 17.4 Å². The summed E-state index contributed by atoms with van der Waals surface area (Å²) < 4.78 is 1.32. The monoisotopic (exact) mass is 437 g/mol. The number of aromatic nitrogens is 1. The Hall–Kier alpha value is -2.20. The predicted octanol–water partition coefficient (Wildman–Crippen LogP) is 6.96. The van der Waals surface area contributed by atoms with Gasteiger partial charge in [0.05, 0.1) is 0 Å². The fraction of sp³-hybridized carbons (Fsp3) is 0.481. The molecule has 2 aliphatic rings. The highest BCUT2D eigenvalue weighted by molar-refractivity contribution is 7.07. The summed E-state index contributed by atoms with van der Waals surface area (Å²) in [5.74, 6) is -0.242. The van der Waals surface area contributed by atoms with Crippen LogP contribution in [0.2, 0.25) is 0 Å². The van der Waals surface area contributed by atoms with E-state index in [1.54, 1.807) is 6.08 Å². The second-order valence-corrected chi connectivity index (χ2v) is 10.6. The summed E-state index contributed by atoms with van der Waals surface area (Å²) in [6.07, 6.45) is 19.5. The van der Waals surface area contributed by atoms with E-state index < -0.39 is 0 Å². The van der Waals surface area contributed by atoms with Crippen LogP contribution in [-0.4, -0.2) is 9.86 Å². The molecule has 0 atom stereocenters. The molecular formula is C27H35NO2S. The van der Waals surface area contributed by atoms with Crippen LogP contribution in [0.5, 0.6) is 0 Å². The van der Waals surface area contributed by atoms with Gasteiger partial charge in [0, 0.05) is 16.5 Å². The standard InChI is InChI=1S/C27H35NO2S/c1-19(15-16-23-21(3)12-9-17-27(23,4)5)10-8-11-20(2)18-25(29)28-26(30)22-13-6-7-14-24(22)31-28/h8,10-11,15-16,18H,6-7,9,12-14,17H2,1-5H3. The summed E-state index contributed by atoms with van der Waals surface area (Å²) in [5, 5.41) is 0. The third kappa shape index (κ3) is 5.74. The lowest BCUT2D eigenvalue weighted by Gasteiger charge is -2.32. The Morgan fingerprint density at radius 2 is 1.77 bits per heavy atom. The molecule has 3 nitrogen and oxygen atoms in total. The van der Waals surface area contributed by atoms with Crippen molar-refractivity contribution < 1.29 is 4.79 Å². The first-order valence-corrected chi connectivity index (χ1v) is 12.2. The largest absolute Gasteiger partial charge is 0.271 e. The molecule has 0 N–H and O–H groups in total. The Morgan fingerprint density at radius 1 is 1.03 bits per heavy atom. The van der Waals surface area contributed by atoms with Gasteiger partial charge in [-0.1, -0.05) is 66.9 Å². The Bertz CT molecular complexity index is 1050. The third-order valence-corrected chi connectivity index (χ3v) is 7.59. The second-order valence-electron chi connectivity index (χ2n) is 9.56. The van der Waals surface area contributed by atoms with Crippen LogP contribution in [0.25, 0.3) is 0 Å². The summed E-state index contributed by atoms with van der Waals surface area (Å²) in [6, 6.07) is 0. The third-order valence-electron chi connectivity index (χ3n) is 6.39. The molecule has 0 aromatic carbocycles. The van der Waals surface area contributed by atoms with E-state index in [-0.39, 0.29) is 16.9 Å². The van der Waals surface area contributed by atoms with Crippen LogP contribution >= 0.6 is 11.5 Å². The minimum atomic E-state index is -0.242. The van der Waals surface area contributed by atoms with Gasteiger partial charge in [0.1, 0.15) is 0 Å². The van der Waals surface area contributed by atoms with Crippen molar-refractivity contribution in [3.63, 3.8) is 0 Å². The molecule has 0 bridgehead atoms. The summed E-state index contributed by atoms with van der Waals surface area (Å²) in [5.41, 5.74) is 5.94. The molecule has 1 aromatic rings. The molecule has 0 radical (unpaired) electrons. The molecular weight excluding hydrogens is 402 g/mol. The molecule has 0 spiro atoms. The minimum Gasteiger partial charge on any atom is -0.268 e. The van der Waals surface area contributed by atoms with Gasteiger partial charge in [0.2, 0.25) is 0 Å². The Balaban J connectivity index is 1.66. The van der Waals surface area contributed by atoms with Crippen molar-refractivity contribution in [2.75, 3.05) is 0 Å².